The van der Waals surface area contributed by atoms with Crippen molar-refractivity contribution in [1.82, 2.24) is 10.5 Å². The molecule has 1 aromatic heterocycles. The quantitative estimate of drug-likeness (QED) is 0.922. The zero-order valence-electron chi connectivity index (χ0n) is 9.44. The van der Waals surface area contributed by atoms with Crippen molar-refractivity contribution in [2.24, 2.45) is 0 Å². The van der Waals surface area contributed by atoms with E-state index in [1.54, 1.807) is 13.3 Å². The third-order valence-corrected chi connectivity index (χ3v) is 3.13. The van der Waals surface area contributed by atoms with Gasteiger partial charge in [-0.15, -0.1) is 0 Å². The summed E-state index contributed by atoms with van der Waals surface area (Å²) in [5.41, 5.74) is 1.14. The summed E-state index contributed by atoms with van der Waals surface area (Å²) < 4.78 is 11.2. The van der Waals surface area contributed by atoms with Gasteiger partial charge >= 0.3 is 0 Å². The number of hydrogen-bond acceptors (Lipinski definition) is 4. The van der Waals surface area contributed by atoms with Crippen LogP contribution in [0.1, 0.15) is 11.3 Å². The zero-order chi connectivity index (χ0) is 12.1. The summed E-state index contributed by atoms with van der Waals surface area (Å²) in [6, 6.07) is 7.74. The third-order valence-electron chi connectivity index (χ3n) is 2.36. The lowest BCUT2D eigenvalue weighted by Crippen LogP contribution is -2.12. The van der Waals surface area contributed by atoms with E-state index in [0.29, 0.717) is 6.54 Å². The Labute approximate surface area is 108 Å². The summed E-state index contributed by atoms with van der Waals surface area (Å²) in [6.07, 6.45) is 1.64. The Morgan fingerprint density at radius 1 is 1.35 bits per heavy atom. The van der Waals surface area contributed by atoms with Gasteiger partial charge in [0.1, 0.15) is 11.5 Å². The topological polar surface area (TPSA) is 47.3 Å². The van der Waals surface area contributed by atoms with Gasteiger partial charge in [0.05, 0.1) is 19.9 Å². The highest BCUT2D eigenvalue weighted by molar-refractivity contribution is 9.10. The highest BCUT2D eigenvalue weighted by Gasteiger charge is 2.03. The predicted octanol–water partition coefficient (Wildman–Crippen LogP) is 2.74. The Morgan fingerprint density at radius 2 is 2.24 bits per heavy atom. The number of methoxy groups -OCH3 is 1. The van der Waals surface area contributed by atoms with E-state index in [9.17, 15) is 0 Å². The van der Waals surface area contributed by atoms with Crippen LogP contribution in [0.25, 0.3) is 0 Å². The minimum absolute atomic E-state index is 0.656. The molecular formula is C12H13BrN2O2. The molecule has 17 heavy (non-hydrogen) atoms. The molecule has 4 nitrogen and oxygen atoms in total. The van der Waals surface area contributed by atoms with Crippen LogP contribution in [-0.2, 0) is 13.1 Å². The average Bonchev–Trinajstić information content (AvgIpc) is 2.84. The van der Waals surface area contributed by atoms with Crippen LogP contribution in [0.4, 0.5) is 0 Å². The fourth-order valence-corrected chi connectivity index (χ4v) is 1.85. The first-order chi connectivity index (χ1) is 8.29. The van der Waals surface area contributed by atoms with Crippen LogP contribution < -0.4 is 10.1 Å². The monoisotopic (exact) mass is 296 g/mol. The fourth-order valence-electron chi connectivity index (χ4n) is 1.47. The van der Waals surface area contributed by atoms with E-state index in [1.807, 2.05) is 24.3 Å². The lowest BCUT2D eigenvalue weighted by molar-refractivity contribution is 0.372. The minimum atomic E-state index is 0.656. The normalized spacial score (nSPS) is 10.5. The molecule has 5 heteroatoms. The largest absolute Gasteiger partial charge is 0.497 e. The summed E-state index contributed by atoms with van der Waals surface area (Å²) in [5.74, 6) is 1.67. The van der Waals surface area contributed by atoms with Crippen molar-refractivity contribution in [3.05, 3.63) is 46.3 Å². The number of benzene rings is 1. The maximum Gasteiger partial charge on any atom is 0.150 e. The first-order valence-corrected chi connectivity index (χ1v) is 6.01. The Kier molecular flexibility index (Phi) is 4.17. The van der Waals surface area contributed by atoms with Crippen molar-refractivity contribution in [2.45, 2.75) is 13.1 Å². The number of rotatable bonds is 5. The van der Waals surface area contributed by atoms with Crippen LogP contribution in [0.5, 0.6) is 5.75 Å². The molecule has 0 saturated heterocycles. The first-order valence-electron chi connectivity index (χ1n) is 5.22. The summed E-state index contributed by atoms with van der Waals surface area (Å²) in [4.78, 5) is 0. The molecule has 0 fully saturated rings. The molecule has 2 aromatic rings. The molecule has 0 aliphatic heterocycles. The van der Waals surface area contributed by atoms with E-state index >= 15 is 0 Å². The van der Waals surface area contributed by atoms with Gasteiger partial charge < -0.3 is 14.6 Å². The number of ether oxygens (including phenoxy) is 1. The Bertz CT molecular complexity index is 471. The summed E-state index contributed by atoms with van der Waals surface area (Å²) >= 11 is 3.51. The molecule has 0 atom stereocenters. The van der Waals surface area contributed by atoms with Crippen LogP contribution in [0.3, 0.4) is 0 Å². The standard InChI is InChI=1S/C12H13BrN2O2/c1-16-10-2-3-12(13)9(6-10)7-14-8-11-4-5-15-17-11/h2-6,14H,7-8H2,1H3. The van der Waals surface area contributed by atoms with Crippen LogP contribution in [0, 0.1) is 0 Å². The molecule has 1 heterocycles. The SMILES string of the molecule is COc1ccc(Br)c(CNCc2ccno2)c1. The van der Waals surface area contributed by atoms with E-state index in [1.165, 1.54) is 0 Å². The number of aromatic nitrogens is 1. The number of halogens is 1. The molecule has 90 valence electrons. The van der Waals surface area contributed by atoms with Gasteiger partial charge in [-0.05, 0) is 23.8 Å². The molecule has 1 aromatic carbocycles. The van der Waals surface area contributed by atoms with Gasteiger partial charge in [-0.1, -0.05) is 21.1 Å². The highest BCUT2D eigenvalue weighted by Crippen LogP contribution is 2.22. The maximum atomic E-state index is 5.18. The molecule has 2 rings (SSSR count). The van der Waals surface area contributed by atoms with Gasteiger partial charge in [0.2, 0.25) is 0 Å². The molecule has 0 aliphatic carbocycles. The Balaban J connectivity index is 1.94. The first kappa shape index (κ1) is 12.1. The predicted molar refractivity (Wildman–Crippen MR) is 67.7 cm³/mol. The molecule has 0 spiro atoms. The van der Waals surface area contributed by atoms with Gasteiger partial charge in [-0.2, -0.15) is 0 Å². The van der Waals surface area contributed by atoms with Gasteiger partial charge in [0.15, 0.2) is 0 Å². The molecular weight excluding hydrogens is 284 g/mol. The van der Waals surface area contributed by atoms with Crippen LogP contribution in [0.15, 0.2) is 39.5 Å². The van der Waals surface area contributed by atoms with Crippen molar-refractivity contribution in [3.8, 4) is 5.75 Å². The number of nitrogens with one attached hydrogen (secondary N) is 1. The van der Waals surface area contributed by atoms with E-state index in [-0.39, 0.29) is 0 Å². The van der Waals surface area contributed by atoms with Gasteiger partial charge in [0, 0.05) is 17.1 Å². The molecule has 0 aliphatic rings. The van der Waals surface area contributed by atoms with Crippen molar-refractivity contribution in [3.63, 3.8) is 0 Å². The molecule has 1 N–H and O–H groups in total. The second-order valence-corrected chi connectivity index (χ2v) is 4.39. The fraction of sp³-hybridized carbons (Fsp3) is 0.250. The van der Waals surface area contributed by atoms with Crippen molar-refractivity contribution < 1.29 is 9.26 Å². The van der Waals surface area contributed by atoms with E-state index in [0.717, 1.165) is 28.1 Å². The van der Waals surface area contributed by atoms with Gasteiger partial charge in [-0.3, -0.25) is 0 Å². The molecule has 0 saturated carbocycles. The van der Waals surface area contributed by atoms with Gasteiger partial charge in [0.25, 0.3) is 0 Å². The summed E-state index contributed by atoms with van der Waals surface area (Å²) in [5, 5.41) is 6.93. The van der Waals surface area contributed by atoms with E-state index in [2.05, 4.69) is 26.4 Å². The maximum absolute atomic E-state index is 5.18. The van der Waals surface area contributed by atoms with Crippen LogP contribution in [-0.4, -0.2) is 12.3 Å². The lowest BCUT2D eigenvalue weighted by atomic mass is 10.2. The van der Waals surface area contributed by atoms with Crippen molar-refractivity contribution in [1.29, 1.82) is 0 Å². The smallest absolute Gasteiger partial charge is 0.150 e. The van der Waals surface area contributed by atoms with E-state index in [4.69, 9.17) is 9.26 Å². The second kappa shape index (κ2) is 5.84. The minimum Gasteiger partial charge on any atom is -0.497 e. The highest BCUT2D eigenvalue weighted by atomic mass is 79.9. The lowest BCUT2D eigenvalue weighted by Gasteiger charge is -2.07. The molecule has 0 radical (unpaired) electrons. The van der Waals surface area contributed by atoms with E-state index < -0.39 is 0 Å². The Hall–Kier alpha value is -1.33. The van der Waals surface area contributed by atoms with Crippen molar-refractivity contribution in [2.75, 3.05) is 7.11 Å². The zero-order valence-corrected chi connectivity index (χ0v) is 11.0. The summed E-state index contributed by atoms with van der Waals surface area (Å²) in [6.45, 7) is 1.39. The number of nitrogens with zero attached hydrogens (tertiary/aromatic N) is 1. The molecule has 0 bridgehead atoms. The second-order valence-electron chi connectivity index (χ2n) is 3.54. The molecule has 0 unspecified atom stereocenters. The molecule has 0 amide bonds. The number of hydrogen-bond donors (Lipinski definition) is 1. The third kappa shape index (κ3) is 3.31. The Morgan fingerprint density at radius 3 is 2.94 bits per heavy atom. The van der Waals surface area contributed by atoms with Gasteiger partial charge in [-0.25, -0.2) is 0 Å². The van der Waals surface area contributed by atoms with Crippen molar-refractivity contribution >= 4 is 15.9 Å². The van der Waals surface area contributed by atoms with Crippen LogP contribution >= 0.6 is 15.9 Å². The van der Waals surface area contributed by atoms with Crippen LogP contribution in [0.2, 0.25) is 0 Å². The summed E-state index contributed by atoms with van der Waals surface area (Å²) in [7, 11) is 1.66. The average molecular weight is 297 g/mol.